The fourth-order valence-electron chi connectivity index (χ4n) is 1.89. The summed E-state index contributed by atoms with van der Waals surface area (Å²) in [5, 5.41) is 0. The molecular weight excluding hydrogens is 245 g/mol. The maximum Gasteiger partial charge on any atom is 0.195 e. The van der Waals surface area contributed by atoms with Crippen LogP contribution in [0.4, 0.5) is 10.1 Å². The van der Waals surface area contributed by atoms with Gasteiger partial charge < -0.3 is 10.5 Å². The van der Waals surface area contributed by atoms with Crippen LogP contribution in [-0.4, -0.2) is 12.9 Å². The van der Waals surface area contributed by atoms with Gasteiger partial charge in [-0.25, -0.2) is 4.39 Å². The normalized spacial score (nSPS) is 10.3. The van der Waals surface area contributed by atoms with Gasteiger partial charge in [0.15, 0.2) is 5.78 Å². The summed E-state index contributed by atoms with van der Waals surface area (Å²) in [6.45, 7) is 1.80. The topological polar surface area (TPSA) is 52.3 Å². The molecule has 0 amide bonds. The number of carbonyl (C=O) groups is 1. The fourth-order valence-corrected chi connectivity index (χ4v) is 1.89. The molecule has 2 rings (SSSR count). The summed E-state index contributed by atoms with van der Waals surface area (Å²) in [7, 11) is 1.56. The number of anilines is 1. The highest BCUT2D eigenvalue weighted by Crippen LogP contribution is 2.23. The Morgan fingerprint density at radius 3 is 2.53 bits per heavy atom. The Morgan fingerprint density at radius 1 is 1.16 bits per heavy atom. The fraction of sp³-hybridized carbons (Fsp3) is 0.133. The van der Waals surface area contributed by atoms with E-state index in [1.54, 1.807) is 32.2 Å². The molecule has 0 bridgehead atoms. The van der Waals surface area contributed by atoms with E-state index in [0.717, 1.165) is 11.6 Å². The number of benzene rings is 2. The minimum atomic E-state index is -0.483. The van der Waals surface area contributed by atoms with E-state index in [2.05, 4.69) is 0 Å². The molecular formula is C15H14FNO2. The highest BCUT2D eigenvalue weighted by Gasteiger charge is 2.15. The Morgan fingerprint density at radius 2 is 1.89 bits per heavy atom. The summed E-state index contributed by atoms with van der Waals surface area (Å²) in [5.74, 6) is -0.109. The Bertz CT molecular complexity index is 638. The summed E-state index contributed by atoms with van der Waals surface area (Å²) in [6, 6.07) is 8.87. The van der Waals surface area contributed by atoms with Crippen LogP contribution in [0.15, 0.2) is 36.4 Å². The molecule has 0 aliphatic heterocycles. The van der Waals surface area contributed by atoms with Crippen molar-refractivity contribution >= 4 is 11.5 Å². The van der Waals surface area contributed by atoms with E-state index in [9.17, 15) is 9.18 Å². The van der Waals surface area contributed by atoms with Crippen molar-refractivity contribution in [2.75, 3.05) is 12.8 Å². The van der Waals surface area contributed by atoms with E-state index in [4.69, 9.17) is 10.5 Å². The van der Waals surface area contributed by atoms with Gasteiger partial charge in [0.2, 0.25) is 0 Å². The second-order valence-corrected chi connectivity index (χ2v) is 4.24. The minimum absolute atomic E-state index is 0.174. The van der Waals surface area contributed by atoms with Crippen LogP contribution in [0.2, 0.25) is 0 Å². The molecule has 19 heavy (non-hydrogen) atoms. The smallest absolute Gasteiger partial charge is 0.195 e. The second kappa shape index (κ2) is 5.10. The van der Waals surface area contributed by atoms with Crippen LogP contribution in [0.1, 0.15) is 21.5 Å². The lowest BCUT2D eigenvalue weighted by Gasteiger charge is -2.09. The van der Waals surface area contributed by atoms with Gasteiger partial charge in [-0.15, -0.1) is 0 Å². The molecule has 0 aliphatic carbocycles. The molecule has 0 spiro atoms. The van der Waals surface area contributed by atoms with Gasteiger partial charge in [0, 0.05) is 16.8 Å². The molecule has 0 heterocycles. The van der Waals surface area contributed by atoms with Gasteiger partial charge in [0.05, 0.1) is 7.11 Å². The monoisotopic (exact) mass is 259 g/mol. The zero-order chi connectivity index (χ0) is 14.0. The van der Waals surface area contributed by atoms with Gasteiger partial charge in [-0.1, -0.05) is 0 Å². The van der Waals surface area contributed by atoms with Crippen molar-refractivity contribution in [2.45, 2.75) is 6.92 Å². The van der Waals surface area contributed by atoms with Crippen molar-refractivity contribution in [3.63, 3.8) is 0 Å². The quantitative estimate of drug-likeness (QED) is 0.681. The molecule has 2 aromatic rings. The first-order valence-corrected chi connectivity index (χ1v) is 5.77. The van der Waals surface area contributed by atoms with Crippen molar-refractivity contribution < 1.29 is 13.9 Å². The summed E-state index contributed by atoms with van der Waals surface area (Å²) >= 11 is 0. The zero-order valence-electron chi connectivity index (χ0n) is 10.7. The number of carbonyl (C=O) groups excluding carboxylic acids is 1. The summed E-state index contributed by atoms with van der Waals surface area (Å²) in [4.78, 5) is 12.4. The third-order valence-corrected chi connectivity index (χ3v) is 2.94. The van der Waals surface area contributed by atoms with Gasteiger partial charge in [0.25, 0.3) is 0 Å². The number of methoxy groups -OCH3 is 1. The summed E-state index contributed by atoms with van der Waals surface area (Å²) < 4.78 is 18.3. The number of halogens is 1. The first-order chi connectivity index (χ1) is 9.02. The van der Waals surface area contributed by atoms with Gasteiger partial charge in [-0.2, -0.15) is 0 Å². The Hall–Kier alpha value is -2.36. The third kappa shape index (κ3) is 2.57. The Kier molecular flexibility index (Phi) is 3.51. The maximum atomic E-state index is 13.2. The maximum absolute atomic E-state index is 13.2. The number of ketones is 1. The van der Waals surface area contributed by atoms with Gasteiger partial charge in [-0.3, -0.25) is 4.79 Å². The molecule has 3 nitrogen and oxygen atoms in total. The standard InChI is InChI=1S/C15H14FNO2/c1-9-7-11(19-2)4-5-12(9)15(18)13-8-10(16)3-6-14(13)17/h3-8H,17H2,1-2H3. The molecule has 0 aromatic heterocycles. The number of nitrogen functional groups attached to an aromatic ring is 1. The largest absolute Gasteiger partial charge is 0.497 e. The van der Waals surface area contributed by atoms with Crippen LogP contribution in [0.3, 0.4) is 0 Å². The second-order valence-electron chi connectivity index (χ2n) is 4.24. The van der Waals surface area contributed by atoms with E-state index >= 15 is 0 Å². The molecule has 2 N–H and O–H groups in total. The van der Waals surface area contributed by atoms with Crippen molar-refractivity contribution in [2.24, 2.45) is 0 Å². The molecule has 2 aromatic carbocycles. The van der Waals surface area contributed by atoms with Crippen LogP contribution in [0, 0.1) is 12.7 Å². The van der Waals surface area contributed by atoms with E-state index in [1.807, 2.05) is 0 Å². The molecule has 0 unspecified atom stereocenters. The highest BCUT2D eigenvalue weighted by atomic mass is 19.1. The van der Waals surface area contributed by atoms with Crippen molar-refractivity contribution in [3.8, 4) is 5.75 Å². The predicted octanol–water partition coefficient (Wildman–Crippen LogP) is 2.96. The van der Waals surface area contributed by atoms with Crippen molar-refractivity contribution in [1.82, 2.24) is 0 Å². The van der Waals surface area contributed by atoms with Crippen LogP contribution < -0.4 is 10.5 Å². The number of hydrogen-bond acceptors (Lipinski definition) is 3. The number of rotatable bonds is 3. The third-order valence-electron chi connectivity index (χ3n) is 2.94. The van der Waals surface area contributed by atoms with E-state index in [1.165, 1.54) is 12.1 Å². The lowest BCUT2D eigenvalue weighted by Crippen LogP contribution is -2.07. The Labute approximate surface area is 110 Å². The molecule has 0 fully saturated rings. The van der Waals surface area contributed by atoms with E-state index in [0.29, 0.717) is 11.3 Å². The van der Waals surface area contributed by atoms with Crippen molar-refractivity contribution in [3.05, 3.63) is 58.9 Å². The number of aryl methyl sites for hydroxylation is 1. The predicted molar refractivity (Wildman–Crippen MR) is 72.0 cm³/mol. The Balaban J connectivity index is 2.47. The van der Waals surface area contributed by atoms with Crippen LogP contribution in [-0.2, 0) is 0 Å². The zero-order valence-corrected chi connectivity index (χ0v) is 10.7. The van der Waals surface area contributed by atoms with Crippen molar-refractivity contribution in [1.29, 1.82) is 0 Å². The van der Waals surface area contributed by atoms with Crippen LogP contribution in [0.5, 0.6) is 5.75 Å². The SMILES string of the molecule is COc1ccc(C(=O)c2cc(F)ccc2N)c(C)c1. The van der Waals surface area contributed by atoms with E-state index in [-0.39, 0.29) is 17.0 Å². The van der Waals surface area contributed by atoms with Gasteiger partial charge >= 0.3 is 0 Å². The molecule has 0 aliphatic rings. The van der Waals surface area contributed by atoms with Crippen LogP contribution in [0.25, 0.3) is 0 Å². The molecule has 98 valence electrons. The van der Waals surface area contributed by atoms with Crippen LogP contribution >= 0.6 is 0 Å². The minimum Gasteiger partial charge on any atom is -0.497 e. The molecule has 0 saturated carbocycles. The average Bonchev–Trinajstić information content (AvgIpc) is 2.40. The molecule has 0 saturated heterocycles. The number of hydrogen-bond donors (Lipinski definition) is 1. The highest BCUT2D eigenvalue weighted by molar-refractivity contribution is 6.12. The van der Waals surface area contributed by atoms with Gasteiger partial charge in [0.1, 0.15) is 11.6 Å². The molecule has 0 atom stereocenters. The molecule has 4 heteroatoms. The first-order valence-electron chi connectivity index (χ1n) is 5.77. The van der Waals surface area contributed by atoms with Gasteiger partial charge in [-0.05, 0) is 48.9 Å². The molecule has 0 radical (unpaired) electrons. The summed E-state index contributed by atoms with van der Waals surface area (Å²) in [6.07, 6.45) is 0. The summed E-state index contributed by atoms with van der Waals surface area (Å²) in [5.41, 5.74) is 7.40. The lowest BCUT2D eigenvalue weighted by molar-refractivity contribution is 0.103. The number of ether oxygens (including phenoxy) is 1. The van der Waals surface area contributed by atoms with E-state index < -0.39 is 5.82 Å². The first kappa shape index (κ1) is 13.1. The average molecular weight is 259 g/mol. The lowest BCUT2D eigenvalue weighted by atomic mass is 9.97. The number of nitrogens with two attached hydrogens (primary N) is 1.